The number of aryl methyl sites for hydroxylation is 1. The molecule has 3 atom stereocenters. The molecule has 1 aliphatic carbocycles. The molecule has 3 heteroatoms. The van der Waals surface area contributed by atoms with Crippen LogP contribution in [0, 0.1) is 12.8 Å². The van der Waals surface area contributed by atoms with E-state index in [1.165, 1.54) is 54.8 Å². The predicted octanol–water partition coefficient (Wildman–Crippen LogP) is 3.46. The van der Waals surface area contributed by atoms with E-state index in [2.05, 4.69) is 29.7 Å². The molecule has 3 unspecified atom stereocenters. The van der Waals surface area contributed by atoms with Gasteiger partial charge in [-0.05, 0) is 57.2 Å². The first-order valence-electron chi connectivity index (χ1n) is 7.85. The smallest absolute Gasteiger partial charge is 0.0302 e. The van der Waals surface area contributed by atoms with E-state index in [0.717, 1.165) is 24.5 Å². The average Bonchev–Trinajstić information content (AvgIpc) is 3.08. The van der Waals surface area contributed by atoms with Gasteiger partial charge in [-0.15, -0.1) is 11.3 Å². The quantitative estimate of drug-likeness (QED) is 0.881. The van der Waals surface area contributed by atoms with Crippen LogP contribution in [0.25, 0.3) is 0 Å². The standard InChI is InChI=1S/C16H26N2S/c1-12-8-9-13(19-12)11-18-16-6-3-2-5-14(16)15-7-4-10-17-15/h8-9,14-18H,2-7,10-11H2,1H3. The van der Waals surface area contributed by atoms with Crippen molar-refractivity contribution in [3.63, 3.8) is 0 Å². The molecule has 1 aromatic heterocycles. The molecule has 3 rings (SSSR count). The van der Waals surface area contributed by atoms with Crippen molar-refractivity contribution in [3.05, 3.63) is 21.9 Å². The Morgan fingerprint density at radius 3 is 2.84 bits per heavy atom. The van der Waals surface area contributed by atoms with Crippen LogP contribution in [0.2, 0.25) is 0 Å². The summed E-state index contributed by atoms with van der Waals surface area (Å²) >= 11 is 1.93. The van der Waals surface area contributed by atoms with E-state index in [1.807, 2.05) is 11.3 Å². The van der Waals surface area contributed by atoms with E-state index in [-0.39, 0.29) is 0 Å². The van der Waals surface area contributed by atoms with Crippen molar-refractivity contribution in [2.24, 2.45) is 5.92 Å². The molecule has 0 amide bonds. The lowest BCUT2D eigenvalue weighted by atomic mass is 9.79. The van der Waals surface area contributed by atoms with Gasteiger partial charge in [-0.1, -0.05) is 12.8 Å². The van der Waals surface area contributed by atoms with E-state index < -0.39 is 0 Å². The molecule has 2 fully saturated rings. The van der Waals surface area contributed by atoms with Gasteiger partial charge >= 0.3 is 0 Å². The fraction of sp³-hybridized carbons (Fsp3) is 0.750. The van der Waals surface area contributed by atoms with Gasteiger partial charge in [-0.25, -0.2) is 0 Å². The van der Waals surface area contributed by atoms with Gasteiger partial charge in [0.05, 0.1) is 0 Å². The maximum Gasteiger partial charge on any atom is 0.0302 e. The molecule has 0 bridgehead atoms. The summed E-state index contributed by atoms with van der Waals surface area (Å²) in [6.45, 7) is 4.49. The van der Waals surface area contributed by atoms with Crippen molar-refractivity contribution in [2.75, 3.05) is 6.54 Å². The molecule has 1 aromatic rings. The summed E-state index contributed by atoms with van der Waals surface area (Å²) in [7, 11) is 0. The Bertz CT molecular complexity index is 395. The first kappa shape index (κ1) is 13.6. The Labute approximate surface area is 121 Å². The fourth-order valence-corrected chi connectivity index (χ4v) is 4.62. The lowest BCUT2D eigenvalue weighted by molar-refractivity contribution is 0.214. The molecule has 0 aromatic carbocycles. The molecule has 1 saturated heterocycles. The van der Waals surface area contributed by atoms with Crippen LogP contribution in [-0.4, -0.2) is 18.6 Å². The third-order valence-electron chi connectivity index (χ3n) is 4.77. The minimum Gasteiger partial charge on any atom is -0.314 e. The number of rotatable bonds is 4. The first-order valence-corrected chi connectivity index (χ1v) is 8.66. The van der Waals surface area contributed by atoms with Crippen LogP contribution in [0.1, 0.15) is 48.3 Å². The Morgan fingerprint density at radius 2 is 2.11 bits per heavy atom. The van der Waals surface area contributed by atoms with Gasteiger partial charge in [-0.3, -0.25) is 0 Å². The van der Waals surface area contributed by atoms with Crippen molar-refractivity contribution in [1.29, 1.82) is 0 Å². The van der Waals surface area contributed by atoms with E-state index in [1.54, 1.807) is 0 Å². The van der Waals surface area contributed by atoms with Gasteiger partial charge in [0.1, 0.15) is 0 Å². The largest absolute Gasteiger partial charge is 0.314 e. The summed E-state index contributed by atoms with van der Waals surface area (Å²) in [6, 6.07) is 6.02. The minimum atomic E-state index is 0.728. The van der Waals surface area contributed by atoms with Crippen LogP contribution in [0.3, 0.4) is 0 Å². The van der Waals surface area contributed by atoms with Gasteiger partial charge in [0, 0.05) is 28.4 Å². The molecule has 2 nitrogen and oxygen atoms in total. The normalized spacial score (nSPS) is 31.7. The minimum absolute atomic E-state index is 0.728. The molecule has 106 valence electrons. The highest BCUT2D eigenvalue weighted by Gasteiger charge is 2.32. The van der Waals surface area contributed by atoms with Gasteiger partial charge in [0.25, 0.3) is 0 Å². The second-order valence-electron chi connectivity index (χ2n) is 6.15. The first-order chi connectivity index (χ1) is 9.33. The third-order valence-corrected chi connectivity index (χ3v) is 5.77. The molecule has 1 saturated carbocycles. The number of nitrogens with one attached hydrogen (secondary N) is 2. The molecule has 0 spiro atoms. The molecular formula is C16H26N2S. The van der Waals surface area contributed by atoms with Gasteiger partial charge in [-0.2, -0.15) is 0 Å². The summed E-state index contributed by atoms with van der Waals surface area (Å²) in [5.74, 6) is 0.859. The zero-order chi connectivity index (χ0) is 13.1. The van der Waals surface area contributed by atoms with Crippen LogP contribution in [0.15, 0.2) is 12.1 Å². The topological polar surface area (TPSA) is 24.1 Å². The van der Waals surface area contributed by atoms with Crippen LogP contribution in [-0.2, 0) is 6.54 Å². The van der Waals surface area contributed by atoms with Gasteiger partial charge in [0.15, 0.2) is 0 Å². The van der Waals surface area contributed by atoms with Crippen LogP contribution >= 0.6 is 11.3 Å². The Balaban J connectivity index is 1.57. The zero-order valence-electron chi connectivity index (χ0n) is 12.0. The number of hydrogen-bond donors (Lipinski definition) is 2. The highest BCUT2D eigenvalue weighted by molar-refractivity contribution is 7.11. The number of thiophene rings is 1. The molecule has 2 heterocycles. The highest BCUT2D eigenvalue weighted by Crippen LogP contribution is 2.31. The number of hydrogen-bond acceptors (Lipinski definition) is 3. The fourth-order valence-electron chi connectivity index (χ4n) is 3.78. The van der Waals surface area contributed by atoms with E-state index in [9.17, 15) is 0 Å². The van der Waals surface area contributed by atoms with Crippen molar-refractivity contribution >= 4 is 11.3 Å². The third kappa shape index (κ3) is 3.39. The van der Waals surface area contributed by atoms with Crippen LogP contribution in [0.5, 0.6) is 0 Å². The van der Waals surface area contributed by atoms with Crippen molar-refractivity contribution < 1.29 is 0 Å². The van der Waals surface area contributed by atoms with E-state index >= 15 is 0 Å². The zero-order valence-corrected chi connectivity index (χ0v) is 12.8. The Kier molecular flexibility index (Phi) is 4.57. The maximum atomic E-state index is 3.85. The Morgan fingerprint density at radius 1 is 1.21 bits per heavy atom. The lowest BCUT2D eigenvalue weighted by Gasteiger charge is -2.36. The molecule has 2 aliphatic rings. The molecule has 0 radical (unpaired) electrons. The monoisotopic (exact) mass is 278 g/mol. The highest BCUT2D eigenvalue weighted by atomic mass is 32.1. The summed E-state index contributed by atoms with van der Waals surface area (Å²) < 4.78 is 0. The van der Waals surface area contributed by atoms with Crippen LogP contribution < -0.4 is 10.6 Å². The summed E-state index contributed by atoms with van der Waals surface area (Å²) in [4.78, 5) is 2.91. The lowest BCUT2D eigenvalue weighted by Crippen LogP contribution is -2.46. The molecule has 2 N–H and O–H groups in total. The maximum absolute atomic E-state index is 3.85. The van der Waals surface area contributed by atoms with Crippen LogP contribution in [0.4, 0.5) is 0 Å². The van der Waals surface area contributed by atoms with Gasteiger partial charge in [0.2, 0.25) is 0 Å². The summed E-state index contributed by atoms with van der Waals surface area (Å²) in [5.41, 5.74) is 0. The predicted molar refractivity (Wildman–Crippen MR) is 82.7 cm³/mol. The Hall–Kier alpha value is -0.380. The molecular weight excluding hydrogens is 252 g/mol. The van der Waals surface area contributed by atoms with E-state index in [0.29, 0.717) is 0 Å². The van der Waals surface area contributed by atoms with Crippen molar-refractivity contribution in [3.8, 4) is 0 Å². The SMILES string of the molecule is Cc1ccc(CNC2CCCCC2C2CCCN2)s1. The summed E-state index contributed by atoms with van der Waals surface area (Å²) in [5, 5.41) is 7.57. The second-order valence-corrected chi connectivity index (χ2v) is 7.52. The summed E-state index contributed by atoms with van der Waals surface area (Å²) in [6.07, 6.45) is 8.38. The average molecular weight is 278 g/mol. The van der Waals surface area contributed by atoms with Gasteiger partial charge < -0.3 is 10.6 Å². The van der Waals surface area contributed by atoms with E-state index in [4.69, 9.17) is 0 Å². The molecule has 19 heavy (non-hydrogen) atoms. The van der Waals surface area contributed by atoms with Crippen molar-refractivity contribution in [1.82, 2.24) is 10.6 Å². The van der Waals surface area contributed by atoms with Crippen molar-refractivity contribution in [2.45, 2.75) is 64.1 Å². The molecule has 1 aliphatic heterocycles. The second kappa shape index (κ2) is 6.38.